The van der Waals surface area contributed by atoms with Crippen molar-refractivity contribution in [1.29, 1.82) is 0 Å². The highest BCUT2D eigenvalue weighted by atomic mass is 19.1. The molecule has 0 spiro atoms. The molecule has 7 nitrogen and oxygen atoms in total. The van der Waals surface area contributed by atoms with Crippen LogP contribution in [0.3, 0.4) is 0 Å². The second kappa shape index (κ2) is 9.95. The van der Waals surface area contributed by atoms with E-state index in [2.05, 4.69) is 27.0 Å². The monoisotopic (exact) mass is 477 g/mol. The fraction of sp³-hybridized carbons (Fsp3) is 0.481. The van der Waals surface area contributed by atoms with Gasteiger partial charge in [0.2, 0.25) is 0 Å². The van der Waals surface area contributed by atoms with Crippen LogP contribution in [0.5, 0.6) is 0 Å². The van der Waals surface area contributed by atoms with Crippen molar-refractivity contribution >= 4 is 22.5 Å². The number of hydrogen-bond donors (Lipinski definition) is 1. The molecule has 8 heteroatoms. The Bertz CT molecular complexity index is 1230. The predicted molar refractivity (Wildman–Crippen MR) is 133 cm³/mol. The summed E-state index contributed by atoms with van der Waals surface area (Å²) in [5.74, 6) is 0.900. The topological polar surface area (TPSA) is 94.2 Å². The number of aromatic nitrogens is 3. The Morgan fingerprint density at radius 1 is 1.20 bits per heavy atom. The van der Waals surface area contributed by atoms with E-state index in [4.69, 9.17) is 10.5 Å². The number of hydrogen-bond acceptors (Lipinski definition) is 7. The van der Waals surface area contributed by atoms with Crippen LogP contribution in [0, 0.1) is 11.7 Å². The van der Waals surface area contributed by atoms with Crippen molar-refractivity contribution in [1.82, 2.24) is 15.2 Å². The normalized spacial score (nSPS) is 25.1. The average molecular weight is 478 g/mol. The maximum absolute atomic E-state index is 14.8. The molecule has 3 aromatic rings. The van der Waals surface area contributed by atoms with E-state index in [0.29, 0.717) is 53.9 Å². The maximum Gasteiger partial charge on any atom is 0.169 e. The molecule has 1 saturated heterocycles. The van der Waals surface area contributed by atoms with E-state index in [-0.39, 0.29) is 24.3 Å². The van der Waals surface area contributed by atoms with Crippen LogP contribution in [-0.4, -0.2) is 52.8 Å². The van der Waals surface area contributed by atoms with Crippen LogP contribution in [0.15, 0.2) is 36.7 Å². The lowest BCUT2D eigenvalue weighted by atomic mass is 9.75. The molecule has 4 atom stereocenters. The Balaban J connectivity index is 1.45. The molecule has 35 heavy (non-hydrogen) atoms. The number of fused-ring (bicyclic) bond motifs is 1. The molecule has 3 heterocycles. The minimum absolute atomic E-state index is 0.114. The number of pyridine rings is 1. The second-order valence-electron chi connectivity index (χ2n) is 10.1. The smallest absolute Gasteiger partial charge is 0.169 e. The quantitative estimate of drug-likeness (QED) is 0.554. The van der Waals surface area contributed by atoms with Crippen LogP contribution in [0.1, 0.15) is 60.5 Å². The highest BCUT2D eigenvalue weighted by Crippen LogP contribution is 2.37. The Hall–Kier alpha value is -2.97. The predicted octanol–water partition coefficient (Wildman–Crippen LogP) is 4.05. The number of ketones is 1. The molecule has 2 fully saturated rings. The van der Waals surface area contributed by atoms with Crippen molar-refractivity contribution < 1.29 is 13.9 Å². The first-order valence-corrected chi connectivity index (χ1v) is 12.4. The number of Topliss-reactive ketones (excluding diaryl/α,β-unsaturated/α-hetero) is 1. The Labute approximate surface area is 204 Å². The molecular formula is C27H32FN5O2. The van der Waals surface area contributed by atoms with Gasteiger partial charge in [-0.25, -0.2) is 4.39 Å². The Morgan fingerprint density at radius 3 is 2.86 bits per heavy atom. The molecule has 2 aromatic heterocycles. The summed E-state index contributed by atoms with van der Waals surface area (Å²) in [5.41, 5.74) is 9.00. The van der Waals surface area contributed by atoms with E-state index in [1.54, 1.807) is 18.5 Å². The number of halogens is 1. The standard InChI is InChI=1S/C27H32FN5O2/c1-16-9-18(11-20(29)10-16)21-5-6-30-14-19(21)12-25(34)22-3-4-24(28)23-13-26(31-32-27(22)23)33-7-8-35-15-17(33)2/h3-6,13-14,16-18,20H,7-12,15,29H2,1-2H3/t16-,17+,18+,20-/m0/s1. The molecule has 0 unspecified atom stereocenters. The summed E-state index contributed by atoms with van der Waals surface area (Å²) < 4.78 is 20.3. The number of rotatable bonds is 5. The van der Waals surface area contributed by atoms with Crippen molar-refractivity contribution in [3.05, 3.63) is 59.2 Å². The molecular weight excluding hydrogens is 445 g/mol. The SMILES string of the molecule is C[C@@H]1C[C@H](N)C[C@H](c2ccncc2CC(=O)c2ccc(F)c3cc(N4CCOC[C@H]4C)nnc23)C1. The first-order chi connectivity index (χ1) is 16.9. The molecule has 1 aliphatic heterocycles. The zero-order chi connectivity index (χ0) is 24.5. The van der Waals surface area contributed by atoms with E-state index in [1.165, 1.54) is 12.1 Å². The van der Waals surface area contributed by atoms with Gasteiger partial charge in [0.15, 0.2) is 11.6 Å². The molecule has 2 aliphatic rings. The lowest BCUT2D eigenvalue weighted by Crippen LogP contribution is -2.44. The van der Waals surface area contributed by atoms with Gasteiger partial charge in [0.25, 0.3) is 0 Å². The van der Waals surface area contributed by atoms with Gasteiger partial charge >= 0.3 is 0 Å². The average Bonchev–Trinajstić information content (AvgIpc) is 2.84. The molecule has 0 amide bonds. The van der Waals surface area contributed by atoms with Crippen molar-refractivity contribution in [2.45, 2.75) is 57.5 Å². The molecule has 5 rings (SSSR count). The summed E-state index contributed by atoms with van der Waals surface area (Å²) in [6, 6.07) is 6.84. The van der Waals surface area contributed by atoms with Gasteiger partial charge in [-0.05, 0) is 73.4 Å². The van der Waals surface area contributed by atoms with Crippen LogP contribution < -0.4 is 10.6 Å². The molecule has 0 bridgehead atoms. The fourth-order valence-electron chi connectivity index (χ4n) is 5.68. The maximum atomic E-state index is 14.8. The zero-order valence-electron chi connectivity index (χ0n) is 20.3. The van der Waals surface area contributed by atoms with Gasteiger partial charge in [-0.2, -0.15) is 0 Å². The van der Waals surface area contributed by atoms with Gasteiger partial charge in [-0.1, -0.05) is 6.92 Å². The number of nitrogens with two attached hydrogens (primary N) is 1. The summed E-state index contributed by atoms with van der Waals surface area (Å²) in [4.78, 5) is 19.8. The third kappa shape index (κ3) is 4.90. The zero-order valence-corrected chi connectivity index (χ0v) is 20.3. The van der Waals surface area contributed by atoms with Gasteiger partial charge in [0, 0.05) is 42.4 Å². The number of morpholine rings is 1. The van der Waals surface area contributed by atoms with Crippen LogP contribution in [0.2, 0.25) is 0 Å². The molecule has 184 valence electrons. The lowest BCUT2D eigenvalue weighted by Gasteiger charge is -2.34. The van der Waals surface area contributed by atoms with Crippen molar-refractivity contribution in [2.24, 2.45) is 11.7 Å². The van der Waals surface area contributed by atoms with Gasteiger partial charge in [-0.15, -0.1) is 10.2 Å². The number of anilines is 1. The minimum atomic E-state index is -0.416. The van der Waals surface area contributed by atoms with Crippen LogP contribution in [0.4, 0.5) is 10.2 Å². The number of ether oxygens (including phenoxy) is 1. The lowest BCUT2D eigenvalue weighted by molar-refractivity contribution is 0.0984. The third-order valence-corrected chi connectivity index (χ3v) is 7.36. The van der Waals surface area contributed by atoms with Gasteiger partial charge in [0.1, 0.15) is 11.3 Å². The van der Waals surface area contributed by atoms with Crippen molar-refractivity contribution in [2.75, 3.05) is 24.7 Å². The summed E-state index contributed by atoms with van der Waals surface area (Å²) >= 11 is 0. The van der Waals surface area contributed by atoms with E-state index >= 15 is 0 Å². The van der Waals surface area contributed by atoms with Crippen molar-refractivity contribution in [3.63, 3.8) is 0 Å². The van der Waals surface area contributed by atoms with Crippen molar-refractivity contribution in [3.8, 4) is 0 Å². The molecule has 1 saturated carbocycles. The molecule has 0 radical (unpaired) electrons. The number of nitrogens with zero attached hydrogens (tertiary/aromatic N) is 4. The van der Waals surface area contributed by atoms with E-state index < -0.39 is 5.82 Å². The Morgan fingerprint density at radius 2 is 2.06 bits per heavy atom. The molecule has 1 aliphatic carbocycles. The highest BCUT2D eigenvalue weighted by Gasteiger charge is 2.28. The van der Waals surface area contributed by atoms with Crippen LogP contribution in [0.25, 0.3) is 10.9 Å². The van der Waals surface area contributed by atoms with Crippen LogP contribution in [-0.2, 0) is 11.2 Å². The summed E-state index contributed by atoms with van der Waals surface area (Å²) in [7, 11) is 0. The summed E-state index contributed by atoms with van der Waals surface area (Å²) in [6.45, 7) is 6.09. The largest absolute Gasteiger partial charge is 0.377 e. The van der Waals surface area contributed by atoms with Gasteiger partial charge in [-0.3, -0.25) is 9.78 Å². The first-order valence-electron chi connectivity index (χ1n) is 12.4. The number of carbonyl (C=O) groups is 1. The van der Waals surface area contributed by atoms with E-state index in [9.17, 15) is 9.18 Å². The third-order valence-electron chi connectivity index (χ3n) is 7.36. The highest BCUT2D eigenvalue weighted by molar-refractivity contribution is 6.07. The second-order valence-corrected chi connectivity index (χ2v) is 10.1. The number of benzene rings is 1. The van der Waals surface area contributed by atoms with E-state index in [0.717, 1.165) is 30.4 Å². The van der Waals surface area contributed by atoms with E-state index in [1.807, 2.05) is 13.0 Å². The summed E-state index contributed by atoms with van der Waals surface area (Å²) in [5, 5.41) is 8.98. The first kappa shape index (κ1) is 23.8. The van der Waals surface area contributed by atoms with Gasteiger partial charge < -0.3 is 15.4 Å². The molecule has 2 N–H and O–H groups in total. The Kier molecular flexibility index (Phi) is 6.75. The fourth-order valence-corrected chi connectivity index (χ4v) is 5.68. The summed E-state index contributed by atoms with van der Waals surface area (Å²) in [6.07, 6.45) is 6.71. The van der Waals surface area contributed by atoms with Crippen LogP contribution >= 0.6 is 0 Å². The number of carbonyl (C=O) groups excluding carboxylic acids is 1. The molecule has 1 aromatic carbocycles. The minimum Gasteiger partial charge on any atom is -0.377 e. The van der Waals surface area contributed by atoms with Gasteiger partial charge in [0.05, 0.1) is 19.3 Å².